The summed E-state index contributed by atoms with van der Waals surface area (Å²) < 4.78 is 5.24. The average molecular weight is 239 g/mol. The number of hydrogen-bond acceptors (Lipinski definition) is 3. The molecule has 4 atom stereocenters. The van der Waals surface area contributed by atoms with Gasteiger partial charge in [0.05, 0.1) is 0 Å². The molecule has 96 valence electrons. The van der Waals surface area contributed by atoms with Crippen LogP contribution in [0.3, 0.4) is 0 Å². The molecular formula is C13H21NO3. The molecule has 0 radical (unpaired) electrons. The highest BCUT2D eigenvalue weighted by Gasteiger charge is 2.45. The van der Waals surface area contributed by atoms with Crippen LogP contribution < -0.4 is 5.32 Å². The summed E-state index contributed by atoms with van der Waals surface area (Å²) >= 11 is 0. The largest absolute Gasteiger partial charge is 0.444 e. The van der Waals surface area contributed by atoms with Crippen LogP contribution in [0.2, 0.25) is 0 Å². The van der Waals surface area contributed by atoms with Crippen molar-refractivity contribution in [2.45, 2.75) is 38.8 Å². The lowest BCUT2D eigenvalue weighted by atomic mass is 9.90. The number of amides is 1. The molecule has 2 bridgehead atoms. The Kier molecular flexibility index (Phi) is 3.17. The monoisotopic (exact) mass is 239 g/mol. The number of allylic oxidation sites excluding steroid dienone is 1. The van der Waals surface area contributed by atoms with E-state index in [1.54, 1.807) is 0 Å². The Bertz CT molecular complexity index is 332. The second kappa shape index (κ2) is 4.33. The highest BCUT2D eigenvalue weighted by Crippen LogP contribution is 2.43. The van der Waals surface area contributed by atoms with Crippen LogP contribution >= 0.6 is 0 Å². The van der Waals surface area contributed by atoms with Gasteiger partial charge in [0, 0.05) is 18.6 Å². The Hall–Kier alpha value is -1.03. The van der Waals surface area contributed by atoms with Crippen LogP contribution in [0.1, 0.15) is 27.2 Å². The minimum absolute atomic E-state index is 0.0184. The van der Waals surface area contributed by atoms with E-state index in [0.717, 1.165) is 6.42 Å². The molecule has 2 aliphatic rings. The molecule has 1 fully saturated rings. The Balaban J connectivity index is 1.95. The van der Waals surface area contributed by atoms with Crippen molar-refractivity contribution < 1.29 is 14.6 Å². The highest BCUT2D eigenvalue weighted by molar-refractivity contribution is 5.68. The van der Waals surface area contributed by atoms with Gasteiger partial charge in [-0.1, -0.05) is 12.2 Å². The molecule has 4 nitrogen and oxygen atoms in total. The van der Waals surface area contributed by atoms with E-state index in [2.05, 4.69) is 17.5 Å². The lowest BCUT2D eigenvalue weighted by Gasteiger charge is -2.29. The smallest absolute Gasteiger partial charge is 0.407 e. The van der Waals surface area contributed by atoms with Crippen molar-refractivity contribution in [3.05, 3.63) is 12.2 Å². The number of fused-ring (bicyclic) bond motifs is 2. The summed E-state index contributed by atoms with van der Waals surface area (Å²) in [6.45, 7) is 5.65. The summed E-state index contributed by atoms with van der Waals surface area (Å²) in [5.74, 6) is 0.895. The minimum Gasteiger partial charge on any atom is -0.444 e. The van der Waals surface area contributed by atoms with Gasteiger partial charge < -0.3 is 15.2 Å². The minimum atomic E-state index is -0.480. The van der Waals surface area contributed by atoms with Crippen LogP contribution in [0.4, 0.5) is 4.79 Å². The molecular weight excluding hydrogens is 218 g/mol. The lowest BCUT2D eigenvalue weighted by molar-refractivity contribution is 0.0465. The number of alkyl carbamates (subject to hydrolysis) is 1. The molecule has 0 aromatic heterocycles. The van der Waals surface area contributed by atoms with Crippen LogP contribution in [0.5, 0.6) is 0 Å². The summed E-state index contributed by atoms with van der Waals surface area (Å²) in [6, 6.07) is 0.0184. The molecule has 0 aromatic carbocycles. The molecule has 2 rings (SSSR count). The van der Waals surface area contributed by atoms with Gasteiger partial charge in [-0.2, -0.15) is 0 Å². The second-order valence-electron chi connectivity index (χ2n) is 5.97. The van der Waals surface area contributed by atoms with E-state index in [4.69, 9.17) is 4.74 Å². The van der Waals surface area contributed by atoms with Gasteiger partial charge in [0.15, 0.2) is 0 Å². The lowest BCUT2D eigenvalue weighted by Crippen LogP contribution is -2.46. The molecule has 0 heterocycles. The van der Waals surface area contributed by atoms with Crippen molar-refractivity contribution in [2.24, 2.45) is 17.8 Å². The predicted molar refractivity (Wildman–Crippen MR) is 64.5 cm³/mol. The van der Waals surface area contributed by atoms with Crippen LogP contribution in [0, 0.1) is 17.8 Å². The summed E-state index contributed by atoms with van der Waals surface area (Å²) in [5.41, 5.74) is -0.480. The Morgan fingerprint density at radius 2 is 2.06 bits per heavy atom. The topological polar surface area (TPSA) is 58.6 Å². The first-order valence-electron chi connectivity index (χ1n) is 6.19. The van der Waals surface area contributed by atoms with E-state index in [1.165, 1.54) is 0 Å². The van der Waals surface area contributed by atoms with Crippen LogP contribution in [0.25, 0.3) is 0 Å². The molecule has 1 saturated carbocycles. The fraction of sp³-hybridized carbons (Fsp3) is 0.769. The molecule has 0 saturated heterocycles. The maximum atomic E-state index is 11.7. The third kappa shape index (κ3) is 2.63. The summed E-state index contributed by atoms with van der Waals surface area (Å²) in [4.78, 5) is 11.7. The Morgan fingerprint density at radius 1 is 1.41 bits per heavy atom. The van der Waals surface area contributed by atoms with Gasteiger partial charge in [-0.25, -0.2) is 4.79 Å². The van der Waals surface area contributed by atoms with Crippen LogP contribution in [0.15, 0.2) is 12.2 Å². The molecule has 0 unspecified atom stereocenters. The molecule has 2 N–H and O–H groups in total. The van der Waals surface area contributed by atoms with Gasteiger partial charge >= 0.3 is 6.09 Å². The molecule has 1 amide bonds. The quantitative estimate of drug-likeness (QED) is 0.721. The van der Waals surface area contributed by atoms with E-state index in [-0.39, 0.29) is 24.7 Å². The number of nitrogens with one attached hydrogen (secondary N) is 1. The zero-order valence-corrected chi connectivity index (χ0v) is 10.6. The zero-order chi connectivity index (χ0) is 12.6. The number of hydrogen-bond donors (Lipinski definition) is 2. The third-order valence-corrected chi connectivity index (χ3v) is 3.52. The van der Waals surface area contributed by atoms with Gasteiger partial charge in [-0.3, -0.25) is 0 Å². The maximum absolute atomic E-state index is 11.7. The number of carbonyl (C=O) groups excluding carboxylic acids is 1. The van der Waals surface area contributed by atoms with E-state index < -0.39 is 5.60 Å². The van der Waals surface area contributed by atoms with Gasteiger partial charge in [0.2, 0.25) is 0 Å². The summed E-state index contributed by atoms with van der Waals surface area (Å²) in [5, 5.41) is 12.3. The van der Waals surface area contributed by atoms with Crippen molar-refractivity contribution >= 4 is 6.09 Å². The highest BCUT2D eigenvalue weighted by atomic mass is 16.6. The van der Waals surface area contributed by atoms with Crippen molar-refractivity contribution in [2.75, 3.05) is 6.61 Å². The molecule has 17 heavy (non-hydrogen) atoms. The predicted octanol–water partition coefficient (Wildman–Crippen LogP) is 1.69. The van der Waals surface area contributed by atoms with E-state index in [0.29, 0.717) is 11.8 Å². The molecule has 4 heteroatoms. The standard InChI is InChI=1S/C13H21NO3/c1-13(2,3)17-12(16)14-11-9-5-4-8(6-9)10(11)7-15/h4-5,8-11,15H,6-7H2,1-3H3,(H,14,16)/t8-,9+,10+,11-/m1/s1. The number of aliphatic hydroxyl groups excluding tert-OH is 1. The maximum Gasteiger partial charge on any atom is 0.407 e. The summed E-state index contributed by atoms with van der Waals surface area (Å²) in [7, 11) is 0. The van der Waals surface area contributed by atoms with E-state index in [1.807, 2.05) is 20.8 Å². The van der Waals surface area contributed by atoms with Crippen molar-refractivity contribution in [1.82, 2.24) is 5.32 Å². The Labute approximate surface area is 102 Å². The Morgan fingerprint density at radius 3 is 2.65 bits per heavy atom. The third-order valence-electron chi connectivity index (χ3n) is 3.52. The molecule has 0 spiro atoms. The van der Waals surface area contributed by atoms with E-state index in [9.17, 15) is 9.90 Å². The molecule has 0 aromatic rings. The summed E-state index contributed by atoms with van der Waals surface area (Å²) in [6.07, 6.45) is 4.94. The first-order chi connectivity index (χ1) is 7.90. The normalized spacial score (nSPS) is 35.1. The van der Waals surface area contributed by atoms with Gasteiger partial charge in [-0.05, 0) is 39.0 Å². The van der Waals surface area contributed by atoms with E-state index >= 15 is 0 Å². The fourth-order valence-corrected chi connectivity index (χ4v) is 2.83. The van der Waals surface area contributed by atoms with Crippen LogP contribution in [-0.2, 0) is 4.74 Å². The number of ether oxygens (including phenoxy) is 1. The van der Waals surface area contributed by atoms with Crippen molar-refractivity contribution in [3.63, 3.8) is 0 Å². The van der Waals surface area contributed by atoms with Crippen molar-refractivity contribution in [1.29, 1.82) is 0 Å². The van der Waals surface area contributed by atoms with Crippen molar-refractivity contribution in [3.8, 4) is 0 Å². The average Bonchev–Trinajstić information content (AvgIpc) is 2.74. The van der Waals surface area contributed by atoms with Crippen LogP contribution in [-0.4, -0.2) is 29.4 Å². The molecule has 2 aliphatic carbocycles. The second-order valence-corrected chi connectivity index (χ2v) is 5.97. The van der Waals surface area contributed by atoms with Gasteiger partial charge in [-0.15, -0.1) is 0 Å². The number of rotatable bonds is 2. The fourth-order valence-electron chi connectivity index (χ4n) is 2.83. The van der Waals surface area contributed by atoms with Gasteiger partial charge in [0.1, 0.15) is 5.60 Å². The zero-order valence-electron chi connectivity index (χ0n) is 10.6. The number of aliphatic hydroxyl groups is 1. The SMILES string of the molecule is CC(C)(C)OC(=O)N[C@H]1[C@@H](CO)[C@@H]2C=C[C@H]1C2. The number of carbonyl (C=O) groups is 1. The molecule has 0 aliphatic heterocycles. The van der Waals surface area contributed by atoms with Gasteiger partial charge in [0.25, 0.3) is 0 Å². The first-order valence-corrected chi connectivity index (χ1v) is 6.19. The first kappa shape index (κ1) is 12.4.